The average molecular weight is 372 g/mol. The summed E-state index contributed by atoms with van der Waals surface area (Å²) in [7, 11) is -3.77. The van der Waals surface area contributed by atoms with Gasteiger partial charge >= 0.3 is 16.3 Å². The molecule has 0 aliphatic carbocycles. The van der Waals surface area contributed by atoms with Gasteiger partial charge in [0.25, 0.3) is 0 Å². The Hall–Kier alpha value is -2.02. The fourth-order valence-electron chi connectivity index (χ4n) is 2.41. The van der Waals surface area contributed by atoms with E-state index in [1.54, 1.807) is 0 Å². The summed E-state index contributed by atoms with van der Waals surface area (Å²) in [4.78, 5) is 0. The van der Waals surface area contributed by atoms with Crippen LogP contribution in [0.2, 0.25) is 0 Å². The Morgan fingerprint density at radius 3 is 2.40 bits per heavy atom. The van der Waals surface area contributed by atoms with E-state index in [2.05, 4.69) is 0 Å². The average Bonchev–Trinajstić information content (AvgIpc) is 2.54. The number of rotatable bonds is 7. The SMILES string of the molecule is CCCCCS(=O)(=O)Oc1cccc(-c2ccccc2C(F)(F)F)c1. The predicted octanol–water partition coefficient (Wildman–Crippen LogP) is 5.27. The van der Waals surface area contributed by atoms with Gasteiger partial charge in [0, 0.05) is 0 Å². The highest BCUT2D eigenvalue weighted by molar-refractivity contribution is 7.87. The molecule has 2 rings (SSSR count). The zero-order valence-electron chi connectivity index (χ0n) is 13.7. The lowest BCUT2D eigenvalue weighted by molar-refractivity contribution is -0.137. The van der Waals surface area contributed by atoms with Crippen molar-refractivity contribution in [1.82, 2.24) is 0 Å². The van der Waals surface area contributed by atoms with Crippen LogP contribution in [0.15, 0.2) is 48.5 Å². The van der Waals surface area contributed by atoms with Crippen LogP contribution in [-0.4, -0.2) is 14.2 Å². The van der Waals surface area contributed by atoms with E-state index in [1.165, 1.54) is 42.5 Å². The van der Waals surface area contributed by atoms with E-state index in [0.717, 1.165) is 18.9 Å². The van der Waals surface area contributed by atoms with E-state index >= 15 is 0 Å². The van der Waals surface area contributed by atoms with Gasteiger partial charge in [0.15, 0.2) is 0 Å². The van der Waals surface area contributed by atoms with Crippen molar-refractivity contribution >= 4 is 10.1 Å². The summed E-state index contributed by atoms with van der Waals surface area (Å²) < 4.78 is 68.4. The number of alkyl halides is 3. The van der Waals surface area contributed by atoms with Crippen molar-refractivity contribution in [2.24, 2.45) is 0 Å². The summed E-state index contributed by atoms with van der Waals surface area (Å²) in [5, 5.41) is 0. The van der Waals surface area contributed by atoms with Crippen molar-refractivity contribution in [3.05, 3.63) is 54.1 Å². The van der Waals surface area contributed by atoms with Crippen molar-refractivity contribution in [1.29, 1.82) is 0 Å². The molecular weight excluding hydrogens is 353 g/mol. The predicted molar refractivity (Wildman–Crippen MR) is 90.8 cm³/mol. The molecule has 2 aromatic rings. The second kappa shape index (κ2) is 7.91. The van der Waals surface area contributed by atoms with Crippen LogP contribution in [0.3, 0.4) is 0 Å². The van der Waals surface area contributed by atoms with E-state index in [0.29, 0.717) is 6.42 Å². The fraction of sp³-hybridized carbons (Fsp3) is 0.333. The zero-order valence-corrected chi connectivity index (χ0v) is 14.5. The van der Waals surface area contributed by atoms with E-state index in [-0.39, 0.29) is 22.6 Å². The lowest BCUT2D eigenvalue weighted by Crippen LogP contribution is -2.13. The first-order valence-corrected chi connectivity index (χ1v) is 9.49. The quantitative estimate of drug-likeness (QED) is 0.491. The summed E-state index contributed by atoms with van der Waals surface area (Å²) in [5.41, 5.74) is -0.559. The van der Waals surface area contributed by atoms with Crippen molar-refractivity contribution in [2.45, 2.75) is 32.4 Å². The third-order valence-corrected chi connectivity index (χ3v) is 4.83. The van der Waals surface area contributed by atoms with Crippen LogP contribution in [-0.2, 0) is 16.3 Å². The Morgan fingerprint density at radius 1 is 1.00 bits per heavy atom. The number of halogens is 3. The molecular formula is C18H19F3O3S. The highest BCUT2D eigenvalue weighted by Crippen LogP contribution is 2.37. The molecule has 0 bridgehead atoms. The van der Waals surface area contributed by atoms with Gasteiger partial charge in [0.05, 0.1) is 11.3 Å². The molecule has 0 aliphatic heterocycles. The molecule has 0 spiro atoms. The van der Waals surface area contributed by atoms with Gasteiger partial charge in [0.2, 0.25) is 0 Å². The Bertz CT molecular complexity index is 814. The van der Waals surface area contributed by atoms with Crippen LogP contribution in [0, 0.1) is 0 Å². The normalized spacial score (nSPS) is 12.2. The molecule has 2 aromatic carbocycles. The molecule has 0 aliphatic rings. The topological polar surface area (TPSA) is 43.4 Å². The van der Waals surface area contributed by atoms with E-state index in [4.69, 9.17) is 4.18 Å². The minimum absolute atomic E-state index is 0.00553. The fourth-order valence-corrected chi connectivity index (χ4v) is 3.45. The number of benzene rings is 2. The third kappa shape index (κ3) is 5.49. The second-order valence-electron chi connectivity index (χ2n) is 5.62. The van der Waals surface area contributed by atoms with Gasteiger partial charge in [-0.1, -0.05) is 50.1 Å². The molecule has 136 valence electrons. The molecule has 0 saturated carbocycles. The second-order valence-corrected chi connectivity index (χ2v) is 7.31. The minimum Gasteiger partial charge on any atom is -0.382 e. The Morgan fingerprint density at radius 2 is 1.72 bits per heavy atom. The maximum Gasteiger partial charge on any atom is 0.417 e. The Balaban J connectivity index is 2.29. The maximum absolute atomic E-state index is 13.2. The van der Waals surface area contributed by atoms with Crippen molar-refractivity contribution in [2.75, 3.05) is 5.75 Å². The summed E-state index contributed by atoms with van der Waals surface area (Å²) in [6, 6.07) is 10.8. The molecule has 3 nitrogen and oxygen atoms in total. The maximum atomic E-state index is 13.2. The third-order valence-electron chi connectivity index (χ3n) is 3.60. The largest absolute Gasteiger partial charge is 0.417 e. The standard InChI is InChI=1S/C18H19F3O3S/c1-2-3-6-12-25(22,23)24-15-9-7-8-14(13-15)16-10-4-5-11-17(16)18(19,20)21/h4-5,7-11,13H,2-3,6,12H2,1H3. The van der Waals surface area contributed by atoms with Crippen LogP contribution >= 0.6 is 0 Å². The van der Waals surface area contributed by atoms with Gasteiger partial charge in [0.1, 0.15) is 5.75 Å². The Kier molecular flexibility index (Phi) is 6.11. The van der Waals surface area contributed by atoms with Gasteiger partial charge in [-0.15, -0.1) is 0 Å². The summed E-state index contributed by atoms with van der Waals surface area (Å²) in [6.07, 6.45) is -2.38. The van der Waals surface area contributed by atoms with E-state index < -0.39 is 21.9 Å². The minimum atomic E-state index is -4.50. The van der Waals surface area contributed by atoms with Gasteiger partial charge in [-0.3, -0.25) is 0 Å². The molecule has 0 amide bonds. The molecule has 0 unspecified atom stereocenters. The Labute approximate surface area is 145 Å². The molecule has 0 aromatic heterocycles. The summed E-state index contributed by atoms with van der Waals surface area (Å²) in [6.45, 7) is 1.95. The summed E-state index contributed by atoms with van der Waals surface area (Å²) in [5.74, 6) is -0.115. The first-order chi connectivity index (χ1) is 11.7. The first kappa shape index (κ1) is 19.3. The number of hydrogen-bond acceptors (Lipinski definition) is 3. The summed E-state index contributed by atoms with van der Waals surface area (Å²) >= 11 is 0. The zero-order chi connectivity index (χ0) is 18.5. The number of unbranched alkanes of at least 4 members (excludes halogenated alkanes) is 2. The van der Waals surface area contributed by atoms with Gasteiger partial charge in [-0.2, -0.15) is 21.6 Å². The number of hydrogen-bond donors (Lipinski definition) is 0. The lowest BCUT2D eigenvalue weighted by Gasteiger charge is -2.14. The van der Waals surface area contributed by atoms with Crippen molar-refractivity contribution < 1.29 is 25.8 Å². The van der Waals surface area contributed by atoms with Crippen LogP contribution < -0.4 is 4.18 Å². The molecule has 0 saturated heterocycles. The van der Waals surface area contributed by atoms with Gasteiger partial charge in [-0.25, -0.2) is 0 Å². The molecule has 7 heteroatoms. The first-order valence-electron chi connectivity index (χ1n) is 7.92. The lowest BCUT2D eigenvalue weighted by atomic mass is 9.99. The monoisotopic (exact) mass is 372 g/mol. The van der Waals surface area contributed by atoms with E-state index in [9.17, 15) is 21.6 Å². The molecule has 0 radical (unpaired) electrons. The van der Waals surface area contributed by atoms with Gasteiger partial charge in [-0.05, 0) is 35.7 Å². The highest BCUT2D eigenvalue weighted by Gasteiger charge is 2.33. The van der Waals surface area contributed by atoms with Crippen LogP contribution in [0.1, 0.15) is 31.7 Å². The van der Waals surface area contributed by atoms with Crippen LogP contribution in [0.4, 0.5) is 13.2 Å². The van der Waals surface area contributed by atoms with E-state index in [1.807, 2.05) is 6.92 Å². The molecule has 0 fully saturated rings. The van der Waals surface area contributed by atoms with Gasteiger partial charge < -0.3 is 4.18 Å². The van der Waals surface area contributed by atoms with Crippen molar-refractivity contribution in [3.63, 3.8) is 0 Å². The molecule has 25 heavy (non-hydrogen) atoms. The van der Waals surface area contributed by atoms with Crippen LogP contribution in [0.25, 0.3) is 11.1 Å². The smallest absolute Gasteiger partial charge is 0.382 e. The molecule has 0 N–H and O–H groups in total. The molecule has 0 atom stereocenters. The van der Waals surface area contributed by atoms with Crippen molar-refractivity contribution in [3.8, 4) is 16.9 Å². The van der Waals surface area contributed by atoms with Crippen LogP contribution in [0.5, 0.6) is 5.75 Å². The molecule has 0 heterocycles. The highest BCUT2D eigenvalue weighted by atomic mass is 32.2.